The lowest BCUT2D eigenvalue weighted by Crippen LogP contribution is -2.23. The molecule has 0 radical (unpaired) electrons. The zero-order chi connectivity index (χ0) is 20.4. The number of carbonyl (C=O) groups is 1. The Labute approximate surface area is 175 Å². The minimum Gasteiger partial charge on any atom is -0.325 e. The summed E-state index contributed by atoms with van der Waals surface area (Å²) in [4.78, 5) is 24.4. The average Bonchev–Trinajstić information content (AvgIpc) is 2.95. The molecule has 2 aromatic heterocycles. The van der Waals surface area contributed by atoms with Gasteiger partial charge in [0.15, 0.2) is 0 Å². The van der Waals surface area contributed by atoms with E-state index in [4.69, 9.17) is 0 Å². The molecule has 0 aliphatic heterocycles. The van der Waals surface area contributed by atoms with Crippen LogP contribution < -0.4 is 5.32 Å². The van der Waals surface area contributed by atoms with E-state index in [9.17, 15) is 4.79 Å². The Morgan fingerprint density at radius 1 is 1.18 bits per heavy atom. The van der Waals surface area contributed by atoms with Crippen LogP contribution in [0.1, 0.15) is 54.9 Å². The Morgan fingerprint density at radius 2 is 1.89 bits per heavy atom. The normalized spacial score (nSPS) is 13.5. The summed E-state index contributed by atoms with van der Waals surface area (Å²) in [6, 6.07) is 8.07. The first kappa shape index (κ1) is 20.8. The van der Waals surface area contributed by atoms with Crippen molar-refractivity contribution in [2.45, 2.75) is 64.2 Å². The van der Waals surface area contributed by atoms with Crippen molar-refractivity contribution in [2.75, 3.05) is 5.32 Å². The Balaban J connectivity index is 1.84. The topological polar surface area (TPSA) is 54.9 Å². The lowest BCUT2D eigenvalue weighted by atomic mass is 9.97. The van der Waals surface area contributed by atoms with Gasteiger partial charge in [0.05, 0.1) is 5.25 Å². The molecule has 0 spiro atoms. The maximum atomic E-state index is 12.9. The highest BCUT2D eigenvalue weighted by Gasteiger charge is 2.21. The van der Waals surface area contributed by atoms with Crippen molar-refractivity contribution >= 4 is 44.9 Å². The molecule has 1 amide bonds. The number of hydrogen-bond donors (Lipinski definition) is 1. The molecule has 0 saturated carbocycles. The zero-order valence-corrected chi connectivity index (χ0v) is 18.9. The SMILES string of the molecule is CC[C@@H](C)c1ccccc1NC(=O)[C@@H](C)Sc1nc(C)nc2sc(C)c(C)c12. The van der Waals surface area contributed by atoms with Gasteiger partial charge < -0.3 is 5.32 Å². The van der Waals surface area contributed by atoms with Crippen molar-refractivity contribution in [3.8, 4) is 0 Å². The second-order valence-corrected chi connectivity index (χ2v) is 9.72. The van der Waals surface area contributed by atoms with Crippen LogP contribution >= 0.6 is 23.1 Å². The molecule has 3 rings (SSSR count). The van der Waals surface area contributed by atoms with Gasteiger partial charge in [-0.3, -0.25) is 4.79 Å². The van der Waals surface area contributed by atoms with Crippen LogP contribution in [-0.2, 0) is 4.79 Å². The molecular weight excluding hydrogens is 386 g/mol. The van der Waals surface area contributed by atoms with Gasteiger partial charge in [0.1, 0.15) is 15.7 Å². The van der Waals surface area contributed by atoms with Crippen LogP contribution in [0.5, 0.6) is 0 Å². The summed E-state index contributed by atoms with van der Waals surface area (Å²) in [7, 11) is 0. The van der Waals surface area contributed by atoms with Crippen molar-refractivity contribution in [1.82, 2.24) is 9.97 Å². The van der Waals surface area contributed by atoms with Gasteiger partial charge in [-0.05, 0) is 57.2 Å². The second kappa shape index (κ2) is 8.62. The number of nitrogens with one attached hydrogen (secondary N) is 1. The molecule has 2 heterocycles. The fourth-order valence-electron chi connectivity index (χ4n) is 3.12. The predicted molar refractivity (Wildman–Crippen MR) is 121 cm³/mol. The Morgan fingerprint density at radius 3 is 2.61 bits per heavy atom. The highest BCUT2D eigenvalue weighted by atomic mass is 32.2. The molecule has 148 valence electrons. The molecule has 1 N–H and O–H groups in total. The summed E-state index contributed by atoms with van der Waals surface area (Å²) in [6.07, 6.45) is 1.03. The molecule has 28 heavy (non-hydrogen) atoms. The van der Waals surface area contributed by atoms with Crippen LogP contribution in [0, 0.1) is 20.8 Å². The summed E-state index contributed by atoms with van der Waals surface area (Å²) in [6.45, 7) is 12.4. The average molecular weight is 414 g/mol. The first-order chi connectivity index (χ1) is 13.3. The second-order valence-electron chi connectivity index (χ2n) is 7.19. The minimum absolute atomic E-state index is 0.00484. The third kappa shape index (κ3) is 4.23. The fourth-order valence-corrected chi connectivity index (χ4v) is 5.31. The van der Waals surface area contributed by atoms with Crippen LogP contribution in [0.15, 0.2) is 29.3 Å². The maximum Gasteiger partial charge on any atom is 0.237 e. The van der Waals surface area contributed by atoms with Gasteiger partial charge in [-0.15, -0.1) is 11.3 Å². The van der Waals surface area contributed by atoms with Crippen LogP contribution in [-0.4, -0.2) is 21.1 Å². The van der Waals surface area contributed by atoms with E-state index in [1.807, 2.05) is 32.0 Å². The third-order valence-corrected chi connectivity index (χ3v) is 7.31. The highest BCUT2D eigenvalue weighted by molar-refractivity contribution is 8.00. The van der Waals surface area contributed by atoms with Gasteiger partial charge in [0, 0.05) is 16.0 Å². The first-order valence-electron chi connectivity index (χ1n) is 9.62. The van der Waals surface area contributed by atoms with E-state index in [2.05, 4.69) is 49.0 Å². The van der Waals surface area contributed by atoms with Crippen molar-refractivity contribution in [1.29, 1.82) is 0 Å². The molecule has 4 nitrogen and oxygen atoms in total. The molecule has 1 aromatic carbocycles. The van der Waals surface area contributed by atoms with Gasteiger partial charge in [0.2, 0.25) is 5.91 Å². The van der Waals surface area contributed by atoms with E-state index in [-0.39, 0.29) is 11.2 Å². The molecule has 0 unspecified atom stereocenters. The Kier molecular flexibility index (Phi) is 6.40. The Hall–Kier alpha value is -1.92. The smallest absolute Gasteiger partial charge is 0.237 e. The number of aromatic nitrogens is 2. The number of para-hydroxylation sites is 1. The van der Waals surface area contributed by atoms with E-state index >= 15 is 0 Å². The van der Waals surface area contributed by atoms with Crippen LogP contribution in [0.3, 0.4) is 0 Å². The van der Waals surface area contributed by atoms with Gasteiger partial charge in [-0.25, -0.2) is 9.97 Å². The van der Waals surface area contributed by atoms with Crippen molar-refractivity contribution in [3.63, 3.8) is 0 Å². The van der Waals surface area contributed by atoms with Gasteiger partial charge >= 0.3 is 0 Å². The molecule has 0 aliphatic rings. The summed E-state index contributed by atoms with van der Waals surface area (Å²) in [5.41, 5.74) is 3.29. The van der Waals surface area contributed by atoms with Crippen LogP contribution in [0.25, 0.3) is 10.2 Å². The molecule has 6 heteroatoms. The van der Waals surface area contributed by atoms with E-state index in [0.717, 1.165) is 33.2 Å². The molecule has 0 aliphatic carbocycles. The summed E-state index contributed by atoms with van der Waals surface area (Å²) in [5, 5.41) is 4.84. The molecule has 0 fully saturated rings. The van der Waals surface area contributed by atoms with Crippen LogP contribution in [0.4, 0.5) is 5.69 Å². The predicted octanol–water partition coefficient (Wildman–Crippen LogP) is 6.25. The Bertz CT molecular complexity index is 1010. The van der Waals surface area contributed by atoms with Gasteiger partial charge in [-0.1, -0.05) is 43.8 Å². The molecule has 0 saturated heterocycles. The number of benzene rings is 1. The number of anilines is 1. The van der Waals surface area contributed by atoms with Crippen molar-refractivity contribution in [3.05, 3.63) is 46.1 Å². The van der Waals surface area contributed by atoms with E-state index in [1.54, 1.807) is 11.3 Å². The number of carbonyl (C=O) groups excluding carboxylic acids is 1. The molecule has 0 bridgehead atoms. The number of hydrogen-bond acceptors (Lipinski definition) is 5. The van der Waals surface area contributed by atoms with Crippen LogP contribution in [0.2, 0.25) is 0 Å². The molecule has 2 atom stereocenters. The van der Waals surface area contributed by atoms with E-state index in [1.165, 1.54) is 27.8 Å². The number of rotatable bonds is 6. The zero-order valence-electron chi connectivity index (χ0n) is 17.3. The number of nitrogens with zero attached hydrogens (tertiary/aromatic N) is 2. The maximum absolute atomic E-state index is 12.9. The number of thioether (sulfide) groups is 1. The largest absolute Gasteiger partial charge is 0.325 e. The lowest BCUT2D eigenvalue weighted by Gasteiger charge is -2.18. The number of thiophene rings is 1. The number of fused-ring (bicyclic) bond motifs is 1. The van der Waals surface area contributed by atoms with Crippen molar-refractivity contribution < 1.29 is 4.79 Å². The van der Waals surface area contributed by atoms with Gasteiger partial charge in [0.25, 0.3) is 0 Å². The quantitative estimate of drug-likeness (QED) is 0.383. The third-order valence-electron chi connectivity index (χ3n) is 5.13. The van der Waals surface area contributed by atoms with E-state index in [0.29, 0.717) is 5.92 Å². The van der Waals surface area contributed by atoms with Crippen molar-refractivity contribution in [2.24, 2.45) is 0 Å². The molecular formula is C22H27N3OS2. The highest BCUT2D eigenvalue weighted by Crippen LogP contribution is 2.37. The summed E-state index contributed by atoms with van der Waals surface area (Å²) < 4.78 is 0. The lowest BCUT2D eigenvalue weighted by molar-refractivity contribution is -0.115. The minimum atomic E-state index is -0.262. The first-order valence-corrected chi connectivity index (χ1v) is 11.3. The number of amides is 1. The summed E-state index contributed by atoms with van der Waals surface area (Å²) in [5.74, 6) is 1.14. The van der Waals surface area contributed by atoms with Gasteiger partial charge in [-0.2, -0.15) is 0 Å². The standard InChI is InChI=1S/C22H27N3OS2/c1-7-12(2)17-10-8-9-11-18(17)25-20(26)15(5)28-22-19-13(3)14(4)27-21(19)23-16(6)24-22/h8-12,15H,7H2,1-6H3,(H,25,26)/t12-,15-/m1/s1. The molecule has 3 aromatic rings. The van der Waals surface area contributed by atoms with E-state index < -0.39 is 0 Å². The summed E-state index contributed by atoms with van der Waals surface area (Å²) >= 11 is 3.19. The fraction of sp³-hybridized carbons (Fsp3) is 0.409. The number of aryl methyl sites for hydroxylation is 3. The monoisotopic (exact) mass is 413 g/mol.